The lowest BCUT2D eigenvalue weighted by atomic mass is 10.0. The Bertz CT molecular complexity index is 988. The quantitative estimate of drug-likeness (QED) is 0.507. The lowest BCUT2D eigenvalue weighted by Gasteiger charge is -2.10. The minimum atomic E-state index is 0.730. The van der Waals surface area contributed by atoms with Crippen molar-refractivity contribution in [3.63, 3.8) is 0 Å². The smallest absolute Gasteiger partial charge is 0.113 e. The van der Waals surface area contributed by atoms with Gasteiger partial charge in [-0.05, 0) is 29.8 Å². The molecule has 116 valence electrons. The maximum absolute atomic E-state index is 5.75. The van der Waals surface area contributed by atoms with Crippen LogP contribution in [0.2, 0.25) is 0 Å². The summed E-state index contributed by atoms with van der Waals surface area (Å²) in [4.78, 5) is 0.730. The maximum Gasteiger partial charge on any atom is 0.113 e. The first kappa shape index (κ1) is 14.7. The summed E-state index contributed by atoms with van der Waals surface area (Å²) in [5, 5.41) is 3.36. The van der Waals surface area contributed by atoms with E-state index < -0.39 is 0 Å². The molecule has 3 heteroatoms. The number of pyridine rings is 1. The average molecular weight is 328 g/mol. The van der Waals surface area contributed by atoms with E-state index in [0.29, 0.717) is 0 Å². The largest absolute Gasteiger partial charge is 0.346 e. The van der Waals surface area contributed by atoms with Gasteiger partial charge in [0.2, 0.25) is 0 Å². The zero-order chi connectivity index (χ0) is 16.4. The molecular formula is C21H16N2S. The van der Waals surface area contributed by atoms with Gasteiger partial charge in [-0.2, -0.15) is 0 Å². The van der Waals surface area contributed by atoms with Crippen LogP contribution in [0.25, 0.3) is 16.6 Å². The SMILES string of the molecule is S=C(Nc1ccccc1)c1c(-c2ccccc2)cn2ccccc12. The highest BCUT2D eigenvalue weighted by atomic mass is 32.1. The fourth-order valence-electron chi connectivity index (χ4n) is 2.91. The predicted octanol–water partition coefficient (Wildman–Crippen LogP) is 5.39. The summed E-state index contributed by atoms with van der Waals surface area (Å²) in [6.07, 6.45) is 4.19. The zero-order valence-electron chi connectivity index (χ0n) is 13.0. The van der Waals surface area contributed by atoms with E-state index in [9.17, 15) is 0 Å². The number of rotatable bonds is 3. The Balaban J connectivity index is 1.85. The molecule has 2 aromatic heterocycles. The molecule has 0 amide bonds. The van der Waals surface area contributed by atoms with Crippen LogP contribution in [0.5, 0.6) is 0 Å². The third kappa shape index (κ3) is 2.70. The van der Waals surface area contributed by atoms with Crippen molar-refractivity contribution >= 4 is 28.4 Å². The number of para-hydroxylation sites is 1. The molecule has 4 rings (SSSR count). The molecule has 0 aliphatic carbocycles. The zero-order valence-corrected chi connectivity index (χ0v) is 13.8. The van der Waals surface area contributed by atoms with Crippen molar-refractivity contribution in [2.75, 3.05) is 5.32 Å². The van der Waals surface area contributed by atoms with Gasteiger partial charge in [0, 0.05) is 29.2 Å². The summed E-state index contributed by atoms with van der Waals surface area (Å²) < 4.78 is 2.12. The molecule has 4 aromatic rings. The molecule has 0 aliphatic rings. The number of thiocarbonyl (C=S) groups is 1. The third-order valence-electron chi connectivity index (χ3n) is 4.03. The standard InChI is InChI=1S/C21H16N2S/c24-21(22-17-11-5-2-6-12-17)20-18(16-9-3-1-4-10-16)15-23-14-8-7-13-19(20)23/h1-15H,(H,22,24). The minimum absolute atomic E-state index is 0.730. The third-order valence-corrected chi connectivity index (χ3v) is 4.33. The van der Waals surface area contributed by atoms with Gasteiger partial charge < -0.3 is 9.72 Å². The van der Waals surface area contributed by atoms with Crippen LogP contribution in [-0.2, 0) is 0 Å². The molecule has 0 saturated carbocycles. The summed E-state index contributed by atoms with van der Waals surface area (Å²) in [7, 11) is 0. The van der Waals surface area contributed by atoms with Crippen LogP contribution in [0, 0.1) is 0 Å². The van der Waals surface area contributed by atoms with Crippen LogP contribution < -0.4 is 5.32 Å². The second-order valence-corrected chi connectivity index (χ2v) is 6.01. The summed E-state index contributed by atoms with van der Waals surface area (Å²) >= 11 is 5.75. The number of anilines is 1. The van der Waals surface area contributed by atoms with E-state index in [1.54, 1.807) is 0 Å². The van der Waals surface area contributed by atoms with E-state index in [4.69, 9.17) is 12.2 Å². The van der Waals surface area contributed by atoms with Gasteiger partial charge in [-0.3, -0.25) is 0 Å². The van der Waals surface area contributed by atoms with Gasteiger partial charge in [-0.1, -0.05) is 66.8 Å². The molecule has 2 nitrogen and oxygen atoms in total. The van der Waals surface area contributed by atoms with Gasteiger partial charge in [0.1, 0.15) is 4.99 Å². The molecule has 0 aliphatic heterocycles. The number of benzene rings is 2. The lowest BCUT2D eigenvalue weighted by Crippen LogP contribution is -2.11. The van der Waals surface area contributed by atoms with Gasteiger partial charge in [0.15, 0.2) is 0 Å². The fraction of sp³-hybridized carbons (Fsp3) is 0. The number of hydrogen-bond donors (Lipinski definition) is 1. The van der Waals surface area contributed by atoms with Crippen LogP contribution in [0.4, 0.5) is 5.69 Å². The molecule has 2 heterocycles. The molecule has 0 radical (unpaired) electrons. The van der Waals surface area contributed by atoms with E-state index >= 15 is 0 Å². The Morgan fingerprint density at radius 3 is 2.21 bits per heavy atom. The van der Waals surface area contributed by atoms with Crippen LogP contribution >= 0.6 is 12.2 Å². The highest BCUT2D eigenvalue weighted by molar-refractivity contribution is 7.81. The Labute approximate surface area is 146 Å². The number of hydrogen-bond acceptors (Lipinski definition) is 1. The van der Waals surface area contributed by atoms with Crippen molar-refractivity contribution in [2.24, 2.45) is 0 Å². The average Bonchev–Trinajstić information content (AvgIpc) is 3.03. The Kier molecular flexibility index (Phi) is 3.85. The Morgan fingerprint density at radius 1 is 0.792 bits per heavy atom. The van der Waals surface area contributed by atoms with Crippen molar-refractivity contribution < 1.29 is 0 Å². The number of aromatic nitrogens is 1. The van der Waals surface area contributed by atoms with Crippen molar-refractivity contribution in [2.45, 2.75) is 0 Å². The number of nitrogens with one attached hydrogen (secondary N) is 1. The van der Waals surface area contributed by atoms with Crippen molar-refractivity contribution in [1.29, 1.82) is 0 Å². The van der Waals surface area contributed by atoms with E-state index in [0.717, 1.165) is 32.9 Å². The fourth-order valence-corrected chi connectivity index (χ4v) is 3.24. The van der Waals surface area contributed by atoms with Gasteiger partial charge in [0.25, 0.3) is 0 Å². The Morgan fingerprint density at radius 2 is 1.46 bits per heavy atom. The number of fused-ring (bicyclic) bond motifs is 1. The molecule has 0 spiro atoms. The topological polar surface area (TPSA) is 16.4 Å². The molecule has 0 bridgehead atoms. The first-order valence-electron chi connectivity index (χ1n) is 7.84. The van der Waals surface area contributed by atoms with Crippen LogP contribution in [-0.4, -0.2) is 9.39 Å². The highest BCUT2D eigenvalue weighted by Gasteiger charge is 2.16. The van der Waals surface area contributed by atoms with Gasteiger partial charge >= 0.3 is 0 Å². The van der Waals surface area contributed by atoms with E-state index in [1.807, 2.05) is 48.5 Å². The first-order valence-corrected chi connectivity index (χ1v) is 8.25. The lowest BCUT2D eigenvalue weighted by molar-refractivity contribution is 1.20. The van der Waals surface area contributed by atoms with E-state index in [-0.39, 0.29) is 0 Å². The number of nitrogens with zero attached hydrogens (tertiary/aromatic N) is 1. The maximum atomic E-state index is 5.75. The van der Waals surface area contributed by atoms with Crippen molar-refractivity contribution in [3.05, 3.63) is 96.8 Å². The second kappa shape index (κ2) is 6.30. The molecule has 0 saturated heterocycles. The normalized spacial score (nSPS) is 10.7. The summed E-state index contributed by atoms with van der Waals surface area (Å²) in [5.41, 5.74) is 5.45. The summed E-state index contributed by atoms with van der Waals surface area (Å²) in [5.74, 6) is 0. The Hall–Kier alpha value is -2.91. The first-order chi connectivity index (χ1) is 11.8. The van der Waals surface area contributed by atoms with Crippen molar-refractivity contribution in [1.82, 2.24) is 4.40 Å². The molecule has 1 N–H and O–H groups in total. The molecule has 0 fully saturated rings. The summed E-state index contributed by atoms with van der Waals surface area (Å²) in [6.45, 7) is 0. The predicted molar refractivity (Wildman–Crippen MR) is 105 cm³/mol. The van der Waals surface area contributed by atoms with Crippen LogP contribution in [0.3, 0.4) is 0 Å². The van der Waals surface area contributed by atoms with Crippen molar-refractivity contribution in [3.8, 4) is 11.1 Å². The van der Waals surface area contributed by atoms with Gasteiger partial charge in [-0.15, -0.1) is 0 Å². The minimum Gasteiger partial charge on any atom is -0.346 e. The highest BCUT2D eigenvalue weighted by Crippen LogP contribution is 2.30. The van der Waals surface area contributed by atoms with Gasteiger partial charge in [-0.25, -0.2) is 0 Å². The second-order valence-electron chi connectivity index (χ2n) is 5.60. The van der Waals surface area contributed by atoms with Crippen LogP contribution in [0.15, 0.2) is 91.3 Å². The molecule has 24 heavy (non-hydrogen) atoms. The van der Waals surface area contributed by atoms with Crippen LogP contribution in [0.1, 0.15) is 5.56 Å². The van der Waals surface area contributed by atoms with Gasteiger partial charge in [0.05, 0.1) is 5.52 Å². The van der Waals surface area contributed by atoms with E-state index in [2.05, 4.69) is 52.4 Å². The molecule has 0 atom stereocenters. The molecular weight excluding hydrogens is 312 g/mol. The summed E-state index contributed by atoms with van der Waals surface area (Å²) in [6, 6.07) is 26.6. The molecule has 2 aromatic carbocycles. The van der Waals surface area contributed by atoms with E-state index in [1.165, 1.54) is 0 Å². The monoisotopic (exact) mass is 328 g/mol. The molecule has 0 unspecified atom stereocenters.